The van der Waals surface area contributed by atoms with Crippen LogP contribution in [0.3, 0.4) is 0 Å². The number of hydrogen-bond acceptors (Lipinski definition) is 4. The summed E-state index contributed by atoms with van der Waals surface area (Å²) < 4.78 is 5.18. The first kappa shape index (κ1) is 19.1. The fourth-order valence-corrected chi connectivity index (χ4v) is 3.37. The summed E-state index contributed by atoms with van der Waals surface area (Å²) in [5.41, 5.74) is 1.24. The van der Waals surface area contributed by atoms with Crippen molar-refractivity contribution in [2.45, 2.75) is 13.0 Å². The third kappa shape index (κ3) is 3.86. The summed E-state index contributed by atoms with van der Waals surface area (Å²) in [6.07, 6.45) is 0. The lowest BCUT2D eigenvalue weighted by Crippen LogP contribution is -2.45. The van der Waals surface area contributed by atoms with E-state index < -0.39 is 18.0 Å². The number of esters is 1. The summed E-state index contributed by atoms with van der Waals surface area (Å²) in [5, 5.41) is 16.0. The summed E-state index contributed by atoms with van der Waals surface area (Å²) in [6.45, 7) is 1.82. The van der Waals surface area contributed by atoms with E-state index in [1.165, 1.54) is 12.1 Å². The highest BCUT2D eigenvalue weighted by molar-refractivity contribution is 6.35. The van der Waals surface area contributed by atoms with Gasteiger partial charge in [0.2, 0.25) is 0 Å². The number of rotatable bonds is 4. The van der Waals surface area contributed by atoms with E-state index in [1.807, 2.05) is 6.07 Å². The molecule has 8 heteroatoms. The fraction of sp³-hybridized carbons (Fsp3) is 0.158. The van der Waals surface area contributed by atoms with Gasteiger partial charge in [0.1, 0.15) is 5.75 Å². The van der Waals surface area contributed by atoms with Crippen molar-refractivity contribution in [1.29, 1.82) is 0 Å². The van der Waals surface area contributed by atoms with Crippen LogP contribution in [-0.2, 0) is 9.53 Å². The Kier molecular flexibility index (Phi) is 5.58. The molecule has 2 amide bonds. The Morgan fingerprint density at radius 3 is 2.59 bits per heavy atom. The average molecular weight is 407 g/mol. The van der Waals surface area contributed by atoms with Crippen molar-refractivity contribution >= 4 is 40.9 Å². The molecule has 0 radical (unpaired) electrons. The molecule has 1 aliphatic heterocycles. The number of halogens is 2. The van der Waals surface area contributed by atoms with E-state index in [0.29, 0.717) is 11.3 Å². The molecule has 27 heavy (non-hydrogen) atoms. The van der Waals surface area contributed by atoms with Crippen LogP contribution < -0.4 is 10.6 Å². The van der Waals surface area contributed by atoms with Crippen LogP contribution in [0.5, 0.6) is 5.75 Å². The second kappa shape index (κ2) is 7.90. The molecule has 6 nitrogen and oxygen atoms in total. The standard InChI is InChI=1S/C19H16Cl2N2O4/c1-2-27-18(25)14-15(10-6-4-3-5-7-10)22-19(26)23-16(14)12-8-11(20)9-13(21)17(12)24/h3-9,16,24H,2H2,1H3,(H2,22,23,26). The van der Waals surface area contributed by atoms with Crippen LogP contribution in [0.4, 0.5) is 4.79 Å². The quantitative estimate of drug-likeness (QED) is 0.668. The van der Waals surface area contributed by atoms with E-state index in [1.54, 1.807) is 31.2 Å². The van der Waals surface area contributed by atoms with Gasteiger partial charge in [-0.3, -0.25) is 0 Å². The van der Waals surface area contributed by atoms with E-state index in [4.69, 9.17) is 27.9 Å². The normalized spacial score (nSPS) is 16.6. The second-order valence-corrected chi connectivity index (χ2v) is 6.58. The monoisotopic (exact) mass is 406 g/mol. The number of phenols is 1. The van der Waals surface area contributed by atoms with Gasteiger partial charge in [-0.05, 0) is 24.6 Å². The van der Waals surface area contributed by atoms with Crippen LogP contribution in [0.1, 0.15) is 24.1 Å². The van der Waals surface area contributed by atoms with Crippen LogP contribution in [0.2, 0.25) is 10.0 Å². The maximum absolute atomic E-state index is 12.7. The maximum atomic E-state index is 12.7. The Labute approximate surface area is 165 Å². The molecule has 3 N–H and O–H groups in total. The Morgan fingerprint density at radius 1 is 1.22 bits per heavy atom. The number of phenolic OH excluding ortho intramolecular Hbond substituents is 1. The van der Waals surface area contributed by atoms with Crippen LogP contribution in [0, 0.1) is 0 Å². The third-order valence-corrected chi connectivity index (χ3v) is 4.50. The molecular formula is C19H16Cl2N2O4. The molecule has 140 valence electrons. The number of carbonyl (C=O) groups excluding carboxylic acids is 2. The Bertz CT molecular complexity index is 929. The minimum Gasteiger partial charge on any atom is -0.506 e. The van der Waals surface area contributed by atoms with Gasteiger partial charge in [0, 0.05) is 10.6 Å². The molecule has 0 aromatic heterocycles. The zero-order chi connectivity index (χ0) is 19.6. The molecule has 0 fully saturated rings. The minimum absolute atomic E-state index is 0.00903. The molecule has 0 aliphatic carbocycles. The number of nitrogens with one attached hydrogen (secondary N) is 2. The number of amides is 2. The third-order valence-electron chi connectivity index (χ3n) is 4.00. The Hall–Kier alpha value is -2.70. The summed E-state index contributed by atoms with van der Waals surface area (Å²) in [7, 11) is 0. The predicted octanol–water partition coefficient (Wildman–Crippen LogP) is 4.03. The lowest BCUT2D eigenvalue weighted by molar-refractivity contribution is -0.138. The number of benzene rings is 2. The van der Waals surface area contributed by atoms with Gasteiger partial charge in [0.05, 0.1) is 28.9 Å². The van der Waals surface area contributed by atoms with Crippen molar-refractivity contribution in [3.63, 3.8) is 0 Å². The molecule has 1 heterocycles. The summed E-state index contributed by atoms with van der Waals surface area (Å²) in [4.78, 5) is 25.0. The summed E-state index contributed by atoms with van der Waals surface area (Å²) >= 11 is 12.1. The minimum atomic E-state index is -0.996. The largest absolute Gasteiger partial charge is 0.506 e. The molecule has 0 spiro atoms. The molecule has 0 bridgehead atoms. The number of carbonyl (C=O) groups is 2. The first-order valence-electron chi connectivity index (χ1n) is 8.14. The van der Waals surface area contributed by atoms with Gasteiger partial charge in [0.25, 0.3) is 0 Å². The fourth-order valence-electron chi connectivity index (χ4n) is 2.86. The average Bonchev–Trinajstić information content (AvgIpc) is 2.64. The molecule has 0 saturated heterocycles. The van der Waals surface area contributed by atoms with Crippen LogP contribution >= 0.6 is 23.2 Å². The topological polar surface area (TPSA) is 87.7 Å². The highest BCUT2D eigenvalue weighted by atomic mass is 35.5. The molecule has 2 aromatic carbocycles. The van der Waals surface area contributed by atoms with Crippen molar-refractivity contribution in [3.05, 3.63) is 69.2 Å². The van der Waals surface area contributed by atoms with Gasteiger partial charge in [-0.1, -0.05) is 53.5 Å². The van der Waals surface area contributed by atoms with Crippen molar-refractivity contribution < 1.29 is 19.4 Å². The highest BCUT2D eigenvalue weighted by Gasteiger charge is 2.36. The summed E-state index contributed by atoms with van der Waals surface area (Å²) in [5.74, 6) is -0.910. The second-order valence-electron chi connectivity index (χ2n) is 5.73. The lowest BCUT2D eigenvalue weighted by Gasteiger charge is -2.30. The number of ether oxygens (including phenoxy) is 1. The first-order chi connectivity index (χ1) is 12.9. The number of hydrogen-bond donors (Lipinski definition) is 3. The highest BCUT2D eigenvalue weighted by Crippen LogP contribution is 2.40. The first-order valence-corrected chi connectivity index (χ1v) is 8.90. The van der Waals surface area contributed by atoms with Crippen molar-refractivity contribution in [2.75, 3.05) is 6.61 Å². The van der Waals surface area contributed by atoms with Crippen molar-refractivity contribution in [2.24, 2.45) is 0 Å². The maximum Gasteiger partial charge on any atom is 0.338 e. The van der Waals surface area contributed by atoms with E-state index in [9.17, 15) is 14.7 Å². The smallest absolute Gasteiger partial charge is 0.338 e. The van der Waals surface area contributed by atoms with Crippen molar-refractivity contribution in [3.8, 4) is 5.75 Å². The number of aromatic hydroxyl groups is 1. The molecule has 1 atom stereocenters. The Balaban J connectivity index is 2.25. The SMILES string of the molecule is CCOC(=O)C1=C(c2ccccc2)NC(=O)NC1c1cc(Cl)cc(Cl)c1O. The van der Waals surface area contributed by atoms with Gasteiger partial charge in [-0.25, -0.2) is 9.59 Å². The lowest BCUT2D eigenvalue weighted by atomic mass is 9.92. The molecule has 1 aliphatic rings. The van der Waals surface area contributed by atoms with Crippen LogP contribution in [0.15, 0.2) is 48.0 Å². The van der Waals surface area contributed by atoms with Crippen molar-refractivity contribution in [1.82, 2.24) is 10.6 Å². The predicted molar refractivity (Wildman–Crippen MR) is 103 cm³/mol. The van der Waals surface area contributed by atoms with E-state index in [2.05, 4.69) is 10.6 Å². The van der Waals surface area contributed by atoms with Gasteiger partial charge >= 0.3 is 12.0 Å². The van der Waals surface area contributed by atoms with Crippen LogP contribution in [-0.4, -0.2) is 23.7 Å². The van der Waals surface area contributed by atoms with Gasteiger partial charge in [-0.15, -0.1) is 0 Å². The molecule has 2 aromatic rings. The Morgan fingerprint density at radius 2 is 1.93 bits per heavy atom. The zero-order valence-corrected chi connectivity index (χ0v) is 15.8. The zero-order valence-electron chi connectivity index (χ0n) is 14.3. The van der Waals surface area contributed by atoms with Crippen LogP contribution in [0.25, 0.3) is 5.70 Å². The van der Waals surface area contributed by atoms with Gasteiger partial charge in [-0.2, -0.15) is 0 Å². The van der Waals surface area contributed by atoms with Gasteiger partial charge < -0.3 is 20.5 Å². The van der Waals surface area contributed by atoms with E-state index in [0.717, 1.165) is 0 Å². The molecule has 0 saturated carbocycles. The molecular weight excluding hydrogens is 391 g/mol. The van der Waals surface area contributed by atoms with Gasteiger partial charge in [0.15, 0.2) is 0 Å². The van der Waals surface area contributed by atoms with E-state index in [-0.39, 0.29) is 33.5 Å². The number of urea groups is 1. The molecule has 1 unspecified atom stereocenters. The summed E-state index contributed by atoms with van der Waals surface area (Å²) in [6, 6.07) is 10.2. The van der Waals surface area contributed by atoms with E-state index >= 15 is 0 Å². The molecule has 3 rings (SSSR count).